The first-order chi connectivity index (χ1) is 16.0. The maximum Gasteiger partial charge on any atom is 0.411 e. The Morgan fingerprint density at radius 3 is 2.30 bits per heavy atom. The number of benzene rings is 2. The maximum absolute atomic E-state index is 13.1. The summed E-state index contributed by atoms with van der Waals surface area (Å²) in [6, 6.07) is 16.9. The molecule has 33 heavy (non-hydrogen) atoms. The first-order valence-electron chi connectivity index (χ1n) is 10.6. The number of fused-ring (bicyclic) bond motifs is 3. The molecule has 0 radical (unpaired) electrons. The van der Waals surface area contributed by atoms with Crippen molar-refractivity contribution in [2.24, 2.45) is 0 Å². The van der Waals surface area contributed by atoms with E-state index in [4.69, 9.17) is 4.74 Å². The fourth-order valence-electron chi connectivity index (χ4n) is 4.69. The van der Waals surface area contributed by atoms with Crippen molar-refractivity contribution in [3.8, 4) is 11.1 Å². The first-order valence-corrected chi connectivity index (χ1v) is 10.6. The number of nitrogens with one attached hydrogen (secondary N) is 1. The van der Waals surface area contributed by atoms with Crippen LogP contribution in [0.1, 0.15) is 28.7 Å². The zero-order valence-corrected chi connectivity index (χ0v) is 17.5. The lowest BCUT2D eigenvalue weighted by molar-refractivity contribution is -0.147. The highest BCUT2D eigenvalue weighted by Crippen LogP contribution is 2.44. The predicted molar refractivity (Wildman–Crippen MR) is 118 cm³/mol. The third-order valence-corrected chi connectivity index (χ3v) is 6.15. The quantitative estimate of drug-likeness (QED) is 0.642. The van der Waals surface area contributed by atoms with Gasteiger partial charge in [-0.2, -0.15) is 0 Å². The summed E-state index contributed by atoms with van der Waals surface area (Å²) in [5.74, 6) is -1.87. The van der Waals surface area contributed by atoms with E-state index in [1.54, 1.807) is 18.3 Å². The molecule has 166 valence electrons. The summed E-state index contributed by atoms with van der Waals surface area (Å²) in [7, 11) is 0. The Balaban J connectivity index is 1.39. The second-order valence-corrected chi connectivity index (χ2v) is 8.05. The molecule has 8 heteroatoms. The lowest BCUT2D eigenvalue weighted by Gasteiger charge is -2.38. The fraction of sp³-hybridized carbons (Fsp3) is 0.200. The van der Waals surface area contributed by atoms with Crippen LogP contribution < -0.4 is 5.32 Å². The molecule has 2 aliphatic rings. The van der Waals surface area contributed by atoms with Crippen molar-refractivity contribution in [3.05, 3.63) is 89.7 Å². The van der Waals surface area contributed by atoms with Crippen LogP contribution in [0.5, 0.6) is 0 Å². The Labute approximate surface area is 189 Å². The van der Waals surface area contributed by atoms with Crippen LogP contribution in [0.2, 0.25) is 0 Å². The summed E-state index contributed by atoms with van der Waals surface area (Å²) in [5, 5.41) is 12.6. The van der Waals surface area contributed by atoms with Crippen molar-refractivity contribution in [3.63, 3.8) is 0 Å². The van der Waals surface area contributed by atoms with Gasteiger partial charge in [-0.1, -0.05) is 54.6 Å². The Morgan fingerprint density at radius 2 is 1.70 bits per heavy atom. The molecule has 8 nitrogen and oxygen atoms in total. The van der Waals surface area contributed by atoms with Crippen molar-refractivity contribution >= 4 is 18.0 Å². The molecule has 1 aliphatic carbocycles. The molecule has 1 aliphatic heterocycles. The summed E-state index contributed by atoms with van der Waals surface area (Å²) in [6.45, 7) is -0.362. The van der Waals surface area contributed by atoms with Crippen LogP contribution in [0.15, 0.2) is 73.1 Å². The summed E-state index contributed by atoms with van der Waals surface area (Å²) < 4.78 is 5.62. The molecule has 0 unspecified atom stereocenters. The molecule has 2 N–H and O–H groups in total. The van der Waals surface area contributed by atoms with E-state index in [1.165, 1.54) is 6.20 Å². The van der Waals surface area contributed by atoms with E-state index in [9.17, 15) is 19.5 Å². The van der Waals surface area contributed by atoms with Crippen molar-refractivity contribution in [2.75, 3.05) is 13.2 Å². The number of aliphatic carboxylic acids is 1. The number of ether oxygens (including phenoxy) is 1. The summed E-state index contributed by atoms with van der Waals surface area (Å²) in [5.41, 5.74) is 4.77. The molecule has 0 spiro atoms. The Morgan fingerprint density at radius 1 is 1.03 bits per heavy atom. The number of carboxylic acid groups (broad SMARTS) is 1. The SMILES string of the molecule is O=C1CN(C(=O)OCC2c3ccccc3-c3ccccc32)[C@H](C(=O)O)[C@@H](c2cccnc2)N1. The monoisotopic (exact) mass is 443 g/mol. The van der Waals surface area contributed by atoms with Gasteiger partial charge in [0.15, 0.2) is 6.04 Å². The van der Waals surface area contributed by atoms with Crippen LogP contribution in [0.4, 0.5) is 4.79 Å². The summed E-state index contributed by atoms with van der Waals surface area (Å²) in [6.07, 6.45) is 2.18. The van der Waals surface area contributed by atoms with E-state index in [2.05, 4.69) is 10.3 Å². The predicted octanol–water partition coefficient (Wildman–Crippen LogP) is 2.96. The zero-order chi connectivity index (χ0) is 22.9. The molecular weight excluding hydrogens is 422 g/mol. The summed E-state index contributed by atoms with van der Waals surface area (Å²) in [4.78, 5) is 42.5. The molecule has 5 rings (SSSR count). The standard InChI is InChI=1S/C25H21N3O5/c29-21-13-28(23(24(30)31)22(27-21)15-6-5-11-26-12-15)25(32)33-14-20-18-9-3-1-7-16(18)17-8-2-4-10-19(17)20/h1-12,20,22-23H,13-14H2,(H,27,29)(H,30,31)/t22-,23+/m1/s1. The average Bonchev–Trinajstić information content (AvgIpc) is 3.16. The average molecular weight is 443 g/mol. The van der Waals surface area contributed by atoms with E-state index in [0.29, 0.717) is 5.56 Å². The van der Waals surface area contributed by atoms with Crippen LogP contribution in [0, 0.1) is 0 Å². The van der Waals surface area contributed by atoms with Gasteiger partial charge in [-0.05, 0) is 33.9 Å². The van der Waals surface area contributed by atoms with Gasteiger partial charge in [0.25, 0.3) is 0 Å². The summed E-state index contributed by atoms with van der Waals surface area (Å²) >= 11 is 0. The lowest BCUT2D eigenvalue weighted by atomic mass is 9.97. The number of piperazine rings is 1. The molecule has 0 bridgehead atoms. The Kier molecular flexibility index (Phi) is 5.26. The lowest BCUT2D eigenvalue weighted by Crippen LogP contribution is -2.60. The second kappa shape index (κ2) is 8.38. The number of hydrogen-bond donors (Lipinski definition) is 2. The van der Waals surface area contributed by atoms with Crippen molar-refractivity contribution in [2.45, 2.75) is 18.0 Å². The number of aromatic nitrogens is 1. The molecule has 2 atom stereocenters. The zero-order valence-electron chi connectivity index (χ0n) is 17.5. The minimum atomic E-state index is -1.32. The van der Waals surface area contributed by atoms with Gasteiger partial charge in [0.1, 0.15) is 13.2 Å². The van der Waals surface area contributed by atoms with E-state index in [1.807, 2.05) is 48.5 Å². The van der Waals surface area contributed by atoms with Crippen LogP contribution in [-0.2, 0) is 14.3 Å². The number of rotatable bonds is 4. The Hall–Kier alpha value is -4.20. The van der Waals surface area contributed by atoms with E-state index in [-0.39, 0.29) is 12.5 Å². The van der Waals surface area contributed by atoms with Gasteiger partial charge in [0, 0.05) is 18.3 Å². The van der Waals surface area contributed by atoms with Gasteiger partial charge in [0.2, 0.25) is 5.91 Å². The largest absolute Gasteiger partial charge is 0.480 e. The molecule has 1 aromatic heterocycles. The number of pyridine rings is 1. The molecular formula is C25H21N3O5. The van der Waals surface area contributed by atoms with Gasteiger partial charge in [-0.3, -0.25) is 14.7 Å². The van der Waals surface area contributed by atoms with E-state index in [0.717, 1.165) is 27.2 Å². The number of nitrogens with zero attached hydrogens (tertiary/aromatic N) is 2. The highest BCUT2D eigenvalue weighted by molar-refractivity contribution is 5.90. The van der Waals surface area contributed by atoms with Crippen LogP contribution in [-0.4, -0.2) is 52.2 Å². The van der Waals surface area contributed by atoms with Gasteiger partial charge in [-0.25, -0.2) is 9.59 Å². The molecule has 1 saturated heterocycles. The smallest absolute Gasteiger partial charge is 0.411 e. The number of carbonyl (C=O) groups is 3. The Bertz CT molecular complexity index is 1180. The van der Waals surface area contributed by atoms with E-state index < -0.39 is 36.6 Å². The highest BCUT2D eigenvalue weighted by atomic mass is 16.6. The topological polar surface area (TPSA) is 109 Å². The number of carbonyl (C=O) groups excluding carboxylic acids is 2. The van der Waals surface area contributed by atoms with Crippen LogP contribution in [0.3, 0.4) is 0 Å². The number of carboxylic acids is 1. The van der Waals surface area contributed by atoms with Crippen molar-refractivity contribution < 1.29 is 24.2 Å². The fourth-order valence-corrected chi connectivity index (χ4v) is 4.69. The third kappa shape index (κ3) is 3.69. The maximum atomic E-state index is 13.1. The highest BCUT2D eigenvalue weighted by Gasteiger charge is 2.44. The van der Waals surface area contributed by atoms with Gasteiger partial charge >= 0.3 is 12.1 Å². The second-order valence-electron chi connectivity index (χ2n) is 8.05. The normalized spacial score (nSPS) is 19.4. The van der Waals surface area contributed by atoms with Crippen molar-refractivity contribution in [1.82, 2.24) is 15.2 Å². The molecule has 0 saturated carbocycles. The van der Waals surface area contributed by atoms with Crippen LogP contribution >= 0.6 is 0 Å². The van der Waals surface area contributed by atoms with Gasteiger partial charge < -0.3 is 15.2 Å². The van der Waals surface area contributed by atoms with E-state index >= 15 is 0 Å². The van der Waals surface area contributed by atoms with Gasteiger partial charge in [-0.15, -0.1) is 0 Å². The van der Waals surface area contributed by atoms with Gasteiger partial charge in [0.05, 0.1) is 6.04 Å². The number of amides is 2. The molecule has 2 aromatic carbocycles. The minimum Gasteiger partial charge on any atom is -0.480 e. The van der Waals surface area contributed by atoms with Crippen molar-refractivity contribution in [1.29, 1.82) is 0 Å². The third-order valence-electron chi connectivity index (χ3n) is 6.15. The molecule has 1 fully saturated rings. The minimum absolute atomic E-state index is 0.0366. The van der Waals surface area contributed by atoms with Crippen LogP contribution in [0.25, 0.3) is 11.1 Å². The molecule has 3 aromatic rings. The first kappa shape index (κ1) is 20.7. The molecule has 2 heterocycles. The molecule has 2 amide bonds. The number of hydrogen-bond acceptors (Lipinski definition) is 5.